The van der Waals surface area contributed by atoms with Gasteiger partial charge in [0.2, 0.25) is 0 Å². The monoisotopic (exact) mass is 243 g/mol. The van der Waals surface area contributed by atoms with E-state index in [0.717, 1.165) is 29.6 Å². The lowest BCUT2D eigenvalue weighted by Crippen LogP contribution is -2.22. The third kappa shape index (κ3) is 2.55. The SMILES string of the molecule is CCC(C)(C)CNc1c(N)cnc2ccccc12. The van der Waals surface area contributed by atoms with Crippen LogP contribution in [0.3, 0.4) is 0 Å². The van der Waals surface area contributed by atoms with E-state index in [0.29, 0.717) is 5.69 Å². The number of nitrogen functional groups attached to an aromatic ring is 1. The molecule has 1 aromatic heterocycles. The zero-order valence-electron chi connectivity index (χ0n) is 11.3. The van der Waals surface area contributed by atoms with Crippen LogP contribution in [0, 0.1) is 5.41 Å². The molecule has 0 saturated carbocycles. The van der Waals surface area contributed by atoms with Crippen LogP contribution in [0.5, 0.6) is 0 Å². The van der Waals surface area contributed by atoms with Gasteiger partial charge in [0.15, 0.2) is 0 Å². The van der Waals surface area contributed by atoms with Crippen molar-refractivity contribution >= 4 is 22.3 Å². The van der Waals surface area contributed by atoms with Gasteiger partial charge in [-0.3, -0.25) is 4.98 Å². The minimum Gasteiger partial charge on any atom is -0.396 e. The number of pyridine rings is 1. The summed E-state index contributed by atoms with van der Waals surface area (Å²) in [5.74, 6) is 0. The minimum absolute atomic E-state index is 0.261. The molecule has 0 saturated heterocycles. The van der Waals surface area contributed by atoms with Crippen molar-refractivity contribution in [3.05, 3.63) is 30.5 Å². The first-order valence-corrected chi connectivity index (χ1v) is 6.40. The fourth-order valence-electron chi connectivity index (χ4n) is 1.81. The number of hydrogen-bond acceptors (Lipinski definition) is 3. The highest BCUT2D eigenvalue weighted by atomic mass is 14.9. The summed E-state index contributed by atoms with van der Waals surface area (Å²) in [4.78, 5) is 4.34. The van der Waals surface area contributed by atoms with Gasteiger partial charge in [-0.1, -0.05) is 39.0 Å². The van der Waals surface area contributed by atoms with Crippen LogP contribution in [0.1, 0.15) is 27.2 Å². The maximum Gasteiger partial charge on any atom is 0.0743 e. The highest BCUT2D eigenvalue weighted by Crippen LogP contribution is 2.29. The Morgan fingerprint density at radius 3 is 2.72 bits per heavy atom. The highest BCUT2D eigenvalue weighted by molar-refractivity contribution is 5.96. The van der Waals surface area contributed by atoms with E-state index in [1.165, 1.54) is 0 Å². The van der Waals surface area contributed by atoms with Gasteiger partial charge in [-0.2, -0.15) is 0 Å². The lowest BCUT2D eigenvalue weighted by Gasteiger charge is -2.24. The molecular weight excluding hydrogens is 222 g/mol. The van der Waals surface area contributed by atoms with Gasteiger partial charge in [0.05, 0.1) is 23.1 Å². The standard InChI is InChI=1S/C15H21N3/c1-4-15(2,3)10-18-14-11-7-5-6-8-13(11)17-9-12(14)16/h5-9H,4,10,16H2,1-3H3,(H,17,18). The molecule has 96 valence electrons. The fraction of sp³-hybridized carbons (Fsp3) is 0.400. The van der Waals surface area contributed by atoms with E-state index in [1.54, 1.807) is 6.20 Å². The summed E-state index contributed by atoms with van der Waals surface area (Å²) in [6.07, 6.45) is 2.85. The van der Waals surface area contributed by atoms with Crippen molar-refractivity contribution in [2.24, 2.45) is 5.41 Å². The zero-order chi connectivity index (χ0) is 13.2. The summed E-state index contributed by atoms with van der Waals surface area (Å²) in [6.45, 7) is 7.61. The molecular formula is C15H21N3. The first-order valence-electron chi connectivity index (χ1n) is 6.40. The lowest BCUT2D eigenvalue weighted by molar-refractivity contribution is 0.377. The van der Waals surface area contributed by atoms with Crippen LogP contribution in [0.15, 0.2) is 30.5 Å². The van der Waals surface area contributed by atoms with E-state index in [9.17, 15) is 0 Å². The van der Waals surface area contributed by atoms with E-state index in [2.05, 4.69) is 37.1 Å². The molecule has 0 amide bonds. The number of anilines is 2. The molecule has 1 heterocycles. The summed E-state index contributed by atoms with van der Waals surface area (Å²) < 4.78 is 0. The smallest absolute Gasteiger partial charge is 0.0743 e. The normalized spacial score (nSPS) is 11.7. The number of rotatable bonds is 4. The van der Waals surface area contributed by atoms with Crippen molar-refractivity contribution in [3.63, 3.8) is 0 Å². The number of benzene rings is 1. The Morgan fingerprint density at radius 2 is 2.00 bits per heavy atom. The van der Waals surface area contributed by atoms with Crippen molar-refractivity contribution in [1.82, 2.24) is 4.98 Å². The number of hydrogen-bond donors (Lipinski definition) is 2. The van der Waals surface area contributed by atoms with Gasteiger partial charge < -0.3 is 11.1 Å². The molecule has 18 heavy (non-hydrogen) atoms. The quantitative estimate of drug-likeness (QED) is 0.861. The third-order valence-corrected chi connectivity index (χ3v) is 3.51. The summed E-state index contributed by atoms with van der Waals surface area (Å²) in [5, 5.41) is 4.57. The van der Waals surface area contributed by atoms with Crippen LogP contribution in [0.25, 0.3) is 10.9 Å². The van der Waals surface area contributed by atoms with Crippen LogP contribution < -0.4 is 11.1 Å². The molecule has 0 aliphatic heterocycles. The second-order valence-corrected chi connectivity index (χ2v) is 5.48. The van der Waals surface area contributed by atoms with E-state index in [1.807, 2.05) is 18.2 Å². The van der Waals surface area contributed by atoms with Gasteiger partial charge in [-0.05, 0) is 17.9 Å². The molecule has 0 radical (unpaired) electrons. The van der Waals surface area contributed by atoms with E-state index >= 15 is 0 Å². The number of fused-ring (bicyclic) bond motifs is 1. The zero-order valence-corrected chi connectivity index (χ0v) is 11.3. The first kappa shape index (κ1) is 12.7. The Morgan fingerprint density at radius 1 is 1.28 bits per heavy atom. The Hall–Kier alpha value is -1.77. The van der Waals surface area contributed by atoms with Gasteiger partial charge >= 0.3 is 0 Å². The Bertz CT molecular complexity index is 546. The maximum atomic E-state index is 6.03. The molecule has 0 spiro atoms. The number of nitrogens with one attached hydrogen (secondary N) is 1. The summed E-state index contributed by atoms with van der Waals surface area (Å²) in [7, 11) is 0. The lowest BCUT2D eigenvalue weighted by atomic mass is 9.90. The fourth-order valence-corrected chi connectivity index (χ4v) is 1.81. The van der Waals surface area contributed by atoms with Gasteiger partial charge in [-0.25, -0.2) is 0 Å². The van der Waals surface area contributed by atoms with Crippen molar-refractivity contribution < 1.29 is 0 Å². The molecule has 2 aromatic rings. The minimum atomic E-state index is 0.261. The Kier molecular flexibility index (Phi) is 3.41. The molecule has 1 aromatic carbocycles. The average Bonchev–Trinajstić information content (AvgIpc) is 2.37. The number of aromatic nitrogens is 1. The third-order valence-electron chi connectivity index (χ3n) is 3.51. The van der Waals surface area contributed by atoms with Crippen LogP contribution in [-0.4, -0.2) is 11.5 Å². The van der Waals surface area contributed by atoms with Crippen molar-refractivity contribution in [2.45, 2.75) is 27.2 Å². The van der Waals surface area contributed by atoms with Crippen molar-refractivity contribution in [3.8, 4) is 0 Å². The molecule has 0 fully saturated rings. The van der Waals surface area contributed by atoms with Crippen LogP contribution in [-0.2, 0) is 0 Å². The summed E-state index contributed by atoms with van der Waals surface area (Å²) in [6, 6.07) is 8.07. The maximum absolute atomic E-state index is 6.03. The molecule has 0 bridgehead atoms. The van der Waals surface area contributed by atoms with Gasteiger partial charge in [0, 0.05) is 11.9 Å². The molecule has 3 nitrogen and oxygen atoms in total. The van der Waals surface area contributed by atoms with Crippen LogP contribution in [0.4, 0.5) is 11.4 Å². The topological polar surface area (TPSA) is 50.9 Å². The van der Waals surface area contributed by atoms with E-state index in [-0.39, 0.29) is 5.41 Å². The average molecular weight is 243 g/mol. The second-order valence-electron chi connectivity index (χ2n) is 5.48. The van der Waals surface area contributed by atoms with Gasteiger partial charge in [0.1, 0.15) is 0 Å². The van der Waals surface area contributed by atoms with Crippen LogP contribution >= 0.6 is 0 Å². The number of para-hydroxylation sites is 1. The molecule has 0 aliphatic carbocycles. The van der Waals surface area contributed by atoms with Crippen molar-refractivity contribution in [2.75, 3.05) is 17.6 Å². The predicted molar refractivity (Wildman–Crippen MR) is 78.7 cm³/mol. The molecule has 3 heteroatoms. The number of nitrogens with two attached hydrogens (primary N) is 1. The van der Waals surface area contributed by atoms with Gasteiger partial charge in [-0.15, -0.1) is 0 Å². The summed E-state index contributed by atoms with van der Waals surface area (Å²) >= 11 is 0. The largest absolute Gasteiger partial charge is 0.396 e. The van der Waals surface area contributed by atoms with Crippen molar-refractivity contribution in [1.29, 1.82) is 0 Å². The molecule has 0 aliphatic rings. The highest BCUT2D eigenvalue weighted by Gasteiger charge is 2.16. The van der Waals surface area contributed by atoms with Crippen LogP contribution in [0.2, 0.25) is 0 Å². The Labute approximate surface area is 108 Å². The molecule has 0 unspecified atom stereocenters. The molecule has 2 rings (SSSR count). The van der Waals surface area contributed by atoms with Gasteiger partial charge in [0.25, 0.3) is 0 Å². The molecule has 0 atom stereocenters. The number of nitrogens with zero attached hydrogens (tertiary/aromatic N) is 1. The van der Waals surface area contributed by atoms with E-state index < -0.39 is 0 Å². The van der Waals surface area contributed by atoms with E-state index in [4.69, 9.17) is 5.73 Å². The predicted octanol–water partition coefficient (Wildman–Crippen LogP) is 3.67. The molecule has 3 N–H and O–H groups in total. The second kappa shape index (κ2) is 4.84. The first-order chi connectivity index (χ1) is 8.53. The Balaban J connectivity index is 2.35. The summed E-state index contributed by atoms with van der Waals surface area (Å²) in [5.41, 5.74) is 8.98.